The fourth-order valence-corrected chi connectivity index (χ4v) is 1.39. The minimum atomic E-state index is -4.35. The Bertz CT molecular complexity index is 475. The molecule has 0 atom stereocenters. The minimum Gasteiger partial charge on any atom is -0.483 e. The Morgan fingerprint density at radius 1 is 1.06 bits per heavy atom. The molecule has 0 unspecified atom stereocenters. The highest BCUT2D eigenvalue weighted by atomic mass is 19.4. The van der Waals surface area contributed by atoms with Crippen LogP contribution in [0.5, 0.6) is 5.75 Å². The molecule has 0 aliphatic rings. The molecule has 17 heavy (non-hydrogen) atoms. The van der Waals surface area contributed by atoms with Crippen molar-refractivity contribution in [1.82, 2.24) is 0 Å². The van der Waals surface area contributed by atoms with Gasteiger partial charge in [-0.05, 0) is 24.3 Å². The molecule has 2 aromatic rings. The largest absolute Gasteiger partial charge is 0.483 e. The third kappa shape index (κ3) is 3.03. The van der Waals surface area contributed by atoms with E-state index in [1.807, 2.05) is 0 Å². The van der Waals surface area contributed by atoms with E-state index in [4.69, 9.17) is 9.15 Å². The van der Waals surface area contributed by atoms with Gasteiger partial charge in [0.05, 0.1) is 11.8 Å². The Morgan fingerprint density at radius 2 is 1.82 bits per heavy atom. The molecule has 5 heteroatoms. The number of halogens is 3. The monoisotopic (exact) mass is 242 g/mol. The summed E-state index contributed by atoms with van der Waals surface area (Å²) in [5, 5.41) is 0. The Morgan fingerprint density at radius 3 is 2.47 bits per heavy atom. The Balaban J connectivity index is 2.23. The van der Waals surface area contributed by atoms with Crippen LogP contribution >= 0.6 is 0 Å². The summed E-state index contributed by atoms with van der Waals surface area (Å²) < 4.78 is 46.1. The second-order valence-corrected chi connectivity index (χ2v) is 3.38. The maximum Gasteiger partial charge on any atom is 0.422 e. The van der Waals surface area contributed by atoms with E-state index in [9.17, 15) is 13.2 Å². The zero-order chi connectivity index (χ0) is 12.3. The fourth-order valence-electron chi connectivity index (χ4n) is 1.39. The van der Waals surface area contributed by atoms with Gasteiger partial charge in [0.15, 0.2) is 6.61 Å². The third-order valence-corrected chi connectivity index (χ3v) is 2.07. The molecule has 0 saturated carbocycles. The second kappa shape index (κ2) is 4.53. The molecular weight excluding hydrogens is 233 g/mol. The summed E-state index contributed by atoms with van der Waals surface area (Å²) in [7, 11) is 0. The van der Waals surface area contributed by atoms with Crippen molar-refractivity contribution < 1.29 is 22.3 Å². The van der Waals surface area contributed by atoms with Crippen molar-refractivity contribution in [3.63, 3.8) is 0 Å². The van der Waals surface area contributed by atoms with Crippen LogP contribution in [0, 0.1) is 0 Å². The van der Waals surface area contributed by atoms with Crippen LogP contribution in [0.15, 0.2) is 47.1 Å². The van der Waals surface area contributed by atoms with Gasteiger partial charge in [0, 0.05) is 0 Å². The molecule has 0 saturated heterocycles. The average molecular weight is 242 g/mol. The van der Waals surface area contributed by atoms with Crippen molar-refractivity contribution >= 4 is 0 Å². The quantitative estimate of drug-likeness (QED) is 0.814. The first-order chi connectivity index (χ1) is 8.06. The maximum atomic E-state index is 12.1. The molecule has 0 aliphatic carbocycles. The molecule has 2 rings (SSSR count). The van der Waals surface area contributed by atoms with Crippen LogP contribution in [0.1, 0.15) is 0 Å². The molecule has 2 nitrogen and oxygen atoms in total. The van der Waals surface area contributed by atoms with Crippen LogP contribution in [0.25, 0.3) is 11.3 Å². The average Bonchev–Trinajstić information content (AvgIpc) is 2.79. The molecule has 1 aromatic carbocycles. The Kier molecular flexibility index (Phi) is 3.08. The molecule has 1 aromatic heterocycles. The van der Waals surface area contributed by atoms with Crippen LogP contribution < -0.4 is 4.74 Å². The highest BCUT2D eigenvalue weighted by Gasteiger charge is 2.28. The zero-order valence-corrected chi connectivity index (χ0v) is 8.70. The molecule has 1 heterocycles. The molecule has 0 bridgehead atoms. The predicted molar refractivity (Wildman–Crippen MR) is 55.7 cm³/mol. The van der Waals surface area contributed by atoms with E-state index >= 15 is 0 Å². The number of rotatable bonds is 3. The van der Waals surface area contributed by atoms with E-state index in [0.29, 0.717) is 11.3 Å². The van der Waals surface area contributed by atoms with E-state index in [-0.39, 0.29) is 5.75 Å². The molecule has 0 amide bonds. The standard InChI is InChI=1S/C12H9F3O2/c13-12(14,15)8-17-11-5-2-1-4-9(11)10-6-3-7-16-10/h1-7H,8H2. The van der Waals surface area contributed by atoms with Gasteiger partial charge in [-0.3, -0.25) is 0 Å². The van der Waals surface area contributed by atoms with Gasteiger partial charge in [0.25, 0.3) is 0 Å². The van der Waals surface area contributed by atoms with Gasteiger partial charge >= 0.3 is 6.18 Å². The van der Waals surface area contributed by atoms with Crippen LogP contribution in [0.3, 0.4) is 0 Å². The second-order valence-electron chi connectivity index (χ2n) is 3.38. The molecule has 0 fully saturated rings. The smallest absolute Gasteiger partial charge is 0.422 e. The molecule has 0 radical (unpaired) electrons. The van der Waals surface area contributed by atoms with Gasteiger partial charge in [0.1, 0.15) is 11.5 Å². The predicted octanol–water partition coefficient (Wildman–Crippen LogP) is 3.89. The van der Waals surface area contributed by atoms with E-state index in [0.717, 1.165) is 0 Å². The molecule has 90 valence electrons. The summed E-state index contributed by atoms with van der Waals surface area (Å²) in [6, 6.07) is 9.76. The summed E-state index contributed by atoms with van der Waals surface area (Å²) in [5.41, 5.74) is 0.502. The first-order valence-corrected chi connectivity index (χ1v) is 4.89. The van der Waals surface area contributed by atoms with Crippen LogP contribution in [0.4, 0.5) is 13.2 Å². The van der Waals surface area contributed by atoms with Gasteiger partial charge < -0.3 is 9.15 Å². The summed E-state index contributed by atoms with van der Waals surface area (Å²) in [6.07, 6.45) is -2.90. The minimum absolute atomic E-state index is 0.153. The molecule has 0 aliphatic heterocycles. The molecule has 0 spiro atoms. The maximum absolute atomic E-state index is 12.1. The first kappa shape index (κ1) is 11.6. The number of alkyl halides is 3. The van der Waals surface area contributed by atoms with E-state index < -0.39 is 12.8 Å². The molecule has 0 N–H and O–H groups in total. The lowest BCUT2D eigenvalue weighted by Gasteiger charge is -2.11. The topological polar surface area (TPSA) is 22.4 Å². The number of benzene rings is 1. The summed E-state index contributed by atoms with van der Waals surface area (Å²) in [6.45, 7) is -1.31. The number of furan rings is 1. The van der Waals surface area contributed by atoms with Crippen molar-refractivity contribution in [3.05, 3.63) is 42.7 Å². The lowest BCUT2D eigenvalue weighted by molar-refractivity contribution is -0.153. The van der Waals surface area contributed by atoms with Crippen molar-refractivity contribution in [1.29, 1.82) is 0 Å². The highest BCUT2D eigenvalue weighted by molar-refractivity contribution is 5.65. The first-order valence-electron chi connectivity index (χ1n) is 4.89. The lowest BCUT2D eigenvalue weighted by Crippen LogP contribution is -2.19. The van der Waals surface area contributed by atoms with Crippen molar-refractivity contribution in [2.24, 2.45) is 0 Å². The van der Waals surface area contributed by atoms with Crippen LogP contribution in [-0.4, -0.2) is 12.8 Å². The fraction of sp³-hybridized carbons (Fsp3) is 0.167. The zero-order valence-electron chi connectivity index (χ0n) is 8.70. The normalized spacial score (nSPS) is 11.5. The Hall–Kier alpha value is -1.91. The van der Waals surface area contributed by atoms with Gasteiger partial charge in [0.2, 0.25) is 0 Å². The van der Waals surface area contributed by atoms with E-state index in [1.54, 1.807) is 30.3 Å². The van der Waals surface area contributed by atoms with Gasteiger partial charge in [-0.15, -0.1) is 0 Å². The van der Waals surface area contributed by atoms with Crippen LogP contribution in [-0.2, 0) is 0 Å². The summed E-state index contributed by atoms with van der Waals surface area (Å²) in [4.78, 5) is 0. The number of ether oxygens (including phenoxy) is 1. The van der Waals surface area contributed by atoms with Gasteiger partial charge in [-0.25, -0.2) is 0 Å². The van der Waals surface area contributed by atoms with Crippen molar-refractivity contribution in [2.45, 2.75) is 6.18 Å². The van der Waals surface area contributed by atoms with E-state index in [2.05, 4.69) is 0 Å². The summed E-state index contributed by atoms with van der Waals surface area (Å²) in [5.74, 6) is 0.627. The number of para-hydroxylation sites is 1. The Labute approximate surface area is 95.6 Å². The number of hydrogen-bond acceptors (Lipinski definition) is 2. The summed E-state index contributed by atoms with van der Waals surface area (Å²) >= 11 is 0. The lowest BCUT2D eigenvalue weighted by atomic mass is 10.1. The van der Waals surface area contributed by atoms with Gasteiger partial charge in [-0.1, -0.05) is 12.1 Å². The van der Waals surface area contributed by atoms with Gasteiger partial charge in [-0.2, -0.15) is 13.2 Å². The van der Waals surface area contributed by atoms with Crippen molar-refractivity contribution in [2.75, 3.05) is 6.61 Å². The van der Waals surface area contributed by atoms with Crippen LogP contribution in [0.2, 0.25) is 0 Å². The number of hydrogen-bond donors (Lipinski definition) is 0. The van der Waals surface area contributed by atoms with Crippen molar-refractivity contribution in [3.8, 4) is 17.1 Å². The van der Waals surface area contributed by atoms with E-state index in [1.165, 1.54) is 12.3 Å². The third-order valence-electron chi connectivity index (χ3n) is 2.07. The molecular formula is C12H9F3O2. The highest BCUT2D eigenvalue weighted by Crippen LogP contribution is 2.31. The SMILES string of the molecule is FC(F)(F)COc1ccccc1-c1ccco1.